The number of pyridine rings is 1. The number of likely N-dealkylation sites (tertiary alicyclic amines) is 1. The number of H-pyrrole nitrogens is 1. The van der Waals surface area contributed by atoms with Crippen molar-refractivity contribution in [2.24, 2.45) is 5.41 Å². The smallest absolute Gasteiger partial charge is 0.407 e. The van der Waals surface area contributed by atoms with Gasteiger partial charge in [-0.3, -0.25) is 0 Å². The first-order valence-electron chi connectivity index (χ1n) is 13.3. The van der Waals surface area contributed by atoms with Gasteiger partial charge in [-0.2, -0.15) is 0 Å². The van der Waals surface area contributed by atoms with Crippen molar-refractivity contribution >= 4 is 28.6 Å². The number of aromatic amines is 1. The molecule has 2 fully saturated rings. The van der Waals surface area contributed by atoms with E-state index in [2.05, 4.69) is 14.9 Å². The number of hydrogen-bond donors (Lipinski definition) is 2. The maximum atomic E-state index is 13.8. The van der Waals surface area contributed by atoms with Gasteiger partial charge in [0, 0.05) is 55.1 Å². The molecule has 10 heteroatoms. The van der Waals surface area contributed by atoms with Gasteiger partial charge in [0.25, 0.3) is 0 Å². The minimum absolute atomic E-state index is 0.0457. The molecule has 0 unspecified atom stereocenters. The highest BCUT2D eigenvalue weighted by molar-refractivity contribution is 5.96. The van der Waals surface area contributed by atoms with Gasteiger partial charge < -0.3 is 19.9 Å². The summed E-state index contributed by atoms with van der Waals surface area (Å²) >= 11 is 0. The SMILES string of the molecule is O=C(O)N1CCCC2(CCN(c3ccc4nc(-c5ccc(F)cc5)c(-c5ccnc6[nH]ccc56)n4n3)CC2)C1. The van der Waals surface area contributed by atoms with E-state index >= 15 is 0 Å². The largest absolute Gasteiger partial charge is 0.465 e. The van der Waals surface area contributed by atoms with Gasteiger partial charge in [-0.25, -0.2) is 23.7 Å². The number of rotatable bonds is 3. The van der Waals surface area contributed by atoms with Crippen molar-refractivity contribution in [2.75, 3.05) is 31.1 Å². The molecule has 1 spiro atoms. The van der Waals surface area contributed by atoms with E-state index in [9.17, 15) is 14.3 Å². The quantitative estimate of drug-likeness (QED) is 0.325. The number of halogens is 1. The van der Waals surface area contributed by atoms with Crippen molar-refractivity contribution in [3.63, 3.8) is 0 Å². The third-order valence-corrected chi connectivity index (χ3v) is 8.38. The first kappa shape index (κ1) is 23.6. The van der Waals surface area contributed by atoms with Gasteiger partial charge in [-0.05, 0) is 79.6 Å². The summed E-state index contributed by atoms with van der Waals surface area (Å²) in [5.74, 6) is 0.556. The number of anilines is 1. The van der Waals surface area contributed by atoms with Crippen molar-refractivity contribution in [2.45, 2.75) is 25.7 Å². The number of fused-ring (bicyclic) bond motifs is 2. The predicted octanol–water partition coefficient (Wildman–Crippen LogP) is 5.44. The maximum absolute atomic E-state index is 13.8. The molecule has 39 heavy (non-hydrogen) atoms. The molecular weight excluding hydrogens is 497 g/mol. The summed E-state index contributed by atoms with van der Waals surface area (Å²) in [5.41, 5.74) is 4.80. The number of amides is 1. The highest BCUT2D eigenvalue weighted by Gasteiger charge is 2.40. The van der Waals surface area contributed by atoms with Crippen LogP contribution in [-0.4, -0.2) is 66.8 Å². The number of aromatic nitrogens is 5. The average molecular weight is 526 g/mol. The molecule has 9 nitrogen and oxygen atoms in total. The number of carbonyl (C=O) groups is 1. The lowest BCUT2D eigenvalue weighted by atomic mass is 9.72. The number of nitrogens with one attached hydrogen (secondary N) is 1. The van der Waals surface area contributed by atoms with Gasteiger partial charge in [-0.15, -0.1) is 5.10 Å². The molecule has 0 radical (unpaired) electrons. The molecule has 0 saturated carbocycles. The molecule has 5 aromatic rings. The van der Waals surface area contributed by atoms with Crippen LogP contribution in [0.1, 0.15) is 25.7 Å². The zero-order chi connectivity index (χ0) is 26.6. The molecule has 0 bridgehead atoms. The fraction of sp³-hybridized carbons (Fsp3) is 0.310. The van der Waals surface area contributed by atoms with E-state index in [4.69, 9.17) is 10.1 Å². The van der Waals surface area contributed by atoms with E-state index in [0.29, 0.717) is 18.7 Å². The minimum Gasteiger partial charge on any atom is -0.465 e. The van der Waals surface area contributed by atoms with E-state index in [0.717, 1.165) is 78.1 Å². The third-order valence-electron chi connectivity index (χ3n) is 8.38. The molecule has 2 saturated heterocycles. The lowest BCUT2D eigenvalue weighted by molar-refractivity contribution is 0.0613. The van der Waals surface area contributed by atoms with Crippen LogP contribution in [-0.2, 0) is 0 Å². The second-order valence-electron chi connectivity index (χ2n) is 10.7. The highest BCUT2D eigenvalue weighted by Crippen LogP contribution is 2.41. The normalized spacial score (nSPS) is 17.4. The number of carboxylic acid groups (broad SMARTS) is 1. The zero-order valence-corrected chi connectivity index (χ0v) is 21.3. The molecule has 0 atom stereocenters. The Bertz CT molecular complexity index is 1690. The Kier molecular flexibility index (Phi) is 5.50. The van der Waals surface area contributed by atoms with Gasteiger partial charge >= 0.3 is 6.09 Å². The standard InChI is InChI=1S/C29H28FN7O2/c30-20-4-2-19(3-5-20)25-26(21-8-13-31-27-22(21)9-14-32-27)37-23(33-25)6-7-24(34-37)35-16-11-29(12-17-35)10-1-15-36(18-29)28(38)39/h2-9,13-14H,1,10-12,15-18H2,(H,31,32)(H,38,39). The van der Waals surface area contributed by atoms with Crippen LogP contribution in [0.3, 0.4) is 0 Å². The molecule has 0 aliphatic carbocycles. The summed E-state index contributed by atoms with van der Waals surface area (Å²) in [5, 5.41) is 15.6. The molecular formula is C29H28FN7O2. The Balaban J connectivity index is 1.28. The Morgan fingerprint density at radius 2 is 1.82 bits per heavy atom. The first-order chi connectivity index (χ1) is 19.0. The monoisotopic (exact) mass is 525 g/mol. The van der Waals surface area contributed by atoms with Crippen LogP contribution in [0.2, 0.25) is 0 Å². The van der Waals surface area contributed by atoms with Gasteiger partial charge in [0.05, 0.1) is 5.69 Å². The molecule has 4 aromatic heterocycles. The Morgan fingerprint density at radius 1 is 1.00 bits per heavy atom. The van der Waals surface area contributed by atoms with E-state index < -0.39 is 6.09 Å². The Hall–Kier alpha value is -4.47. The first-order valence-corrected chi connectivity index (χ1v) is 13.3. The number of imidazole rings is 1. The fourth-order valence-electron chi connectivity index (χ4n) is 6.30. The molecule has 6 heterocycles. The second-order valence-corrected chi connectivity index (χ2v) is 10.7. The molecule has 1 amide bonds. The summed E-state index contributed by atoms with van der Waals surface area (Å²) in [6.07, 6.45) is 6.66. The van der Waals surface area contributed by atoms with Crippen LogP contribution >= 0.6 is 0 Å². The van der Waals surface area contributed by atoms with Crippen LogP contribution in [0.5, 0.6) is 0 Å². The summed E-state index contributed by atoms with van der Waals surface area (Å²) < 4.78 is 15.6. The average Bonchev–Trinajstić information content (AvgIpc) is 3.59. The van der Waals surface area contributed by atoms with Gasteiger partial charge in [0.2, 0.25) is 0 Å². The second kappa shape index (κ2) is 9.07. The van der Waals surface area contributed by atoms with Crippen molar-refractivity contribution in [3.8, 4) is 22.5 Å². The van der Waals surface area contributed by atoms with E-state index in [1.54, 1.807) is 23.2 Å². The van der Waals surface area contributed by atoms with E-state index in [-0.39, 0.29) is 11.2 Å². The number of hydrogen-bond acceptors (Lipinski definition) is 5. The van der Waals surface area contributed by atoms with Crippen LogP contribution < -0.4 is 4.90 Å². The lowest BCUT2D eigenvalue weighted by Crippen LogP contribution is -2.51. The van der Waals surface area contributed by atoms with Crippen LogP contribution in [0.15, 0.2) is 60.9 Å². The molecule has 2 N–H and O–H groups in total. The van der Waals surface area contributed by atoms with Gasteiger partial charge in [0.15, 0.2) is 5.65 Å². The molecule has 1 aromatic carbocycles. The lowest BCUT2D eigenvalue weighted by Gasteiger charge is -2.47. The number of piperidine rings is 2. The number of benzene rings is 1. The molecule has 7 rings (SSSR count). The van der Waals surface area contributed by atoms with Gasteiger partial charge in [0.1, 0.15) is 23.0 Å². The fourth-order valence-corrected chi connectivity index (χ4v) is 6.30. The Morgan fingerprint density at radius 3 is 2.62 bits per heavy atom. The third kappa shape index (κ3) is 4.07. The van der Waals surface area contributed by atoms with Crippen LogP contribution in [0, 0.1) is 11.2 Å². The van der Waals surface area contributed by atoms with Crippen molar-refractivity contribution < 1.29 is 14.3 Å². The highest BCUT2D eigenvalue weighted by atomic mass is 19.1. The summed E-state index contributed by atoms with van der Waals surface area (Å²) in [4.78, 5) is 28.0. The Labute approximate surface area is 223 Å². The van der Waals surface area contributed by atoms with Crippen molar-refractivity contribution in [3.05, 3.63) is 66.7 Å². The number of nitrogens with zero attached hydrogens (tertiary/aromatic N) is 6. The topological polar surface area (TPSA) is 103 Å². The predicted molar refractivity (Wildman–Crippen MR) is 146 cm³/mol. The van der Waals surface area contributed by atoms with Gasteiger partial charge in [-0.1, -0.05) is 0 Å². The van der Waals surface area contributed by atoms with Crippen molar-refractivity contribution in [1.82, 2.24) is 29.5 Å². The van der Waals surface area contributed by atoms with E-state index in [1.165, 1.54) is 12.1 Å². The molecule has 2 aliphatic rings. The molecule has 2 aliphatic heterocycles. The zero-order valence-electron chi connectivity index (χ0n) is 21.3. The maximum Gasteiger partial charge on any atom is 0.407 e. The molecule has 198 valence electrons. The van der Waals surface area contributed by atoms with Crippen LogP contribution in [0.4, 0.5) is 15.0 Å². The van der Waals surface area contributed by atoms with Crippen molar-refractivity contribution in [1.29, 1.82) is 0 Å². The summed E-state index contributed by atoms with van der Waals surface area (Å²) in [7, 11) is 0. The minimum atomic E-state index is -0.819. The van der Waals surface area contributed by atoms with Crippen LogP contribution in [0.25, 0.3) is 39.2 Å². The summed E-state index contributed by atoms with van der Waals surface area (Å²) in [6, 6.07) is 14.3. The van der Waals surface area contributed by atoms with E-state index in [1.807, 2.05) is 35.0 Å². The summed E-state index contributed by atoms with van der Waals surface area (Å²) in [6.45, 7) is 2.88.